The van der Waals surface area contributed by atoms with Crippen LogP contribution in [0.25, 0.3) is 17.0 Å². The van der Waals surface area contributed by atoms with Gasteiger partial charge < -0.3 is 9.88 Å². The summed E-state index contributed by atoms with van der Waals surface area (Å²) in [7, 11) is 0. The topological polar surface area (TPSA) is 57.8 Å². The smallest absolute Gasteiger partial charge is 0.262 e. The van der Waals surface area contributed by atoms with Crippen LogP contribution >= 0.6 is 0 Å². The molecule has 1 fully saturated rings. The molecule has 0 spiro atoms. The molecule has 1 aliphatic carbocycles. The summed E-state index contributed by atoms with van der Waals surface area (Å²) in [6, 6.07) is 16.6. The van der Waals surface area contributed by atoms with Gasteiger partial charge in [-0.15, -0.1) is 0 Å². The van der Waals surface area contributed by atoms with Gasteiger partial charge in [-0.05, 0) is 31.1 Å². The van der Waals surface area contributed by atoms with Crippen molar-refractivity contribution in [2.75, 3.05) is 0 Å². The van der Waals surface area contributed by atoms with Gasteiger partial charge in [0.05, 0.1) is 6.54 Å². The fourth-order valence-electron chi connectivity index (χ4n) is 3.97. The van der Waals surface area contributed by atoms with Crippen LogP contribution in [0.3, 0.4) is 0 Å². The first-order valence-corrected chi connectivity index (χ1v) is 9.89. The van der Waals surface area contributed by atoms with E-state index in [4.69, 9.17) is 0 Å². The highest BCUT2D eigenvalue weighted by Gasteiger charge is 2.20. The summed E-state index contributed by atoms with van der Waals surface area (Å²) >= 11 is 0. The summed E-state index contributed by atoms with van der Waals surface area (Å²) in [6.07, 6.45) is 7.65. The number of rotatable bonds is 5. The minimum atomic E-state index is -0.328. The predicted molar refractivity (Wildman–Crippen MR) is 111 cm³/mol. The second kappa shape index (κ2) is 8.32. The third kappa shape index (κ3) is 4.07. The van der Waals surface area contributed by atoms with E-state index in [1.807, 2.05) is 47.2 Å². The molecule has 1 aromatic heterocycles. The van der Waals surface area contributed by atoms with Crippen molar-refractivity contribution in [1.29, 1.82) is 5.26 Å². The van der Waals surface area contributed by atoms with Crippen molar-refractivity contribution in [3.63, 3.8) is 0 Å². The number of benzene rings is 2. The number of hydrogen-bond donors (Lipinski definition) is 1. The van der Waals surface area contributed by atoms with Gasteiger partial charge in [0.2, 0.25) is 0 Å². The van der Waals surface area contributed by atoms with Gasteiger partial charge in [-0.2, -0.15) is 5.26 Å². The third-order valence-corrected chi connectivity index (χ3v) is 5.47. The van der Waals surface area contributed by atoms with Crippen LogP contribution in [0.5, 0.6) is 0 Å². The number of amides is 1. The van der Waals surface area contributed by atoms with Gasteiger partial charge in [-0.25, -0.2) is 4.39 Å². The van der Waals surface area contributed by atoms with Gasteiger partial charge in [0.25, 0.3) is 5.91 Å². The molecule has 1 N–H and O–H groups in total. The maximum atomic E-state index is 14.1. The Balaban J connectivity index is 1.68. The third-order valence-electron chi connectivity index (χ3n) is 5.47. The lowest BCUT2D eigenvalue weighted by molar-refractivity contribution is -0.117. The first kappa shape index (κ1) is 18.9. The molecule has 1 aliphatic rings. The van der Waals surface area contributed by atoms with Crippen LogP contribution in [-0.2, 0) is 11.3 Å². The SMILES string of the molecule is N#C/C(=C/c1cn(Cc2ccccc2F)c2ccccc12)C(=O)NC1CCCC1. The van der Waals surface area contributed by atoms with Crippen molar-refractivity contribution in [2.45, 2.75) is 38.3 Å². The van der Waals surface area contributed by atoms with Crippen LogP contribution in [0.4, 0.5) is 4.39 Å². The van der Waals surface area contributed by atoms with Crippen LogP contribution in [0.2, 0.25) is 0 Å². The second-order valence-electron chi connectivity index (χ2n) is 7.45. The van der Waals surface area contributed by atoms with Crippen LogP contribution in [0, 0.1) is 17.1 Å². The van der Waals surface area contributed by atoms with Crippen LogP contribution < -0.4 is 5.32 Å². The zero-order valence-electron chi connectivity index (χ0n) is 16.1. The molecule has 3 aromatic rings. The second-order valence-corrected chi connectivity index (χ2v) is 7.45. The van der Waals surface area contributed by atoms with Crippen molar-refractivity contribution in [3.05, 3.63) is 77.2 Å². The fourth-order valence-corrected chi connectivity index (χ4v) is 3.97. The van der Waals surface area contributed by atoms with E-state index in [0.29, 0.717) is 12.1 Å². The van der Waals surface area contributed by atoms with E-state index in [1.165, 1.54) is 6.07 Å². The number of aromatic nitrogens is 1. The summed E-state index contributed by atoms with van der Waals surface area (Å²) in [6.45, 7) is 0.372. The minimum Gasteiger partial charge on any atom is -0.349 e. The number of nitrogens with zero attached hydrogens (tertiary/aromatic N) is 2. The zero-order valence-corrected chi connectivity index (χ0v) is 16.1. The summed E-state index contributed by atoms with van der Waals surface area (Å²) in [5, 5.41) is 13.4. The Labute approximate surface area is 169 Å². The van der Waals surface area contributed by atoms with Crippen molar-refractivity contribution in [1.82, 2.24) is 9.88 Å². The average Bonchev–Trinajstić information content (AvgIpc) is 3.36. The van der Waals surface area contributed by atoms with Gasteiger partial charge in [0.1, 0.15) is 17.5 Å². The average molecular weight is 387 g/mol. The van der Waals surface area contributed by atoms with Gasteiger partial charge in [0.15, 0.2) is 0 Å². The van der Waals surface area contributed by atoms with E-state index in [9.17, 15) is 14.4 Å². The van der Waals surface area contributed by atoms with E-state index in [1.54, 1.807) is 18.2 Å². The lowest BCUT2D eigenvalue weighted by atomic mass is 10.1. The summed E-state index contributed by atoms with van der Waals surface area (Å²) < 4.78 is 16.1. The molecule has 2 aromatic carbocycles. The fraction of sp³-hybridized carbons (Fsp3) is 0.250. The molecule has 0 atom stereocenters. The maximum Gasteiger partial charge on any atom is 0.262 e. The normalized spacial score (nSPS) is 14.8. The van der Waals surface area contributed by atoms with Crippen molar-refractivity contribution < 1.29 is 9.18 Å². The molecule has 4 rings (SSSR count). The monoisotopic (exact) mass is 387 g/mol. The predicted octanol–water partition coefficient (Wildman–Crippen LogP) is 4.79. The molecule has 146 valence electrons. The number of hydrogen-bond acceptors (Lipinski definition) is 2. The number of carbonyl (C=O) groups is 1. The highest BCUT2D eigenvalue weighted by Crippen LogP contribution is 2.25. The Bertz CT molecular complexity index is 1120. The first-order valence-electron chi connectivity index (χ1n) is 9.89. The van der Waals surface area contributed by atoms with Gasteiger partial charge >= 0.3 is 0 Å². The first-order chi connectivity index (χ1) is 14.2. The van der Waals surface area contributed by atoms with E-state index < -0.39 is 0 Å². The summed E-state index contributed by atoms with van der Waals surface area (Å²) in [4.78, 5) is 12.6. The number of para-hydroxylation sites is 1. The molecule has 5 heteroatoms. The Morgan fingerprint density at radius 1 is 1.17 bits per heavy atom. The number of carbonyl (C=O) groups excluding carboxylic acids is 1. The Morgan fingerprint density at radius 3 is 2.66 bits per heavy atom. The van der Waals surface area contributed by atoms with E-state index in [0.717, 1.165) is 42.1 Å². The molecule has 0 aliphatic heterocycles. The van der Waals surface area contributed by atoms with E-state index in [-0.39, 0.29) is 23.3 Å². The lowest BCUT2D eigenvalue weighted by Gasteiger charge is -2.10. The molecule has 0 saturated heterocycles. The number of nitrogens with one attached hydrogen (secondary N) is 1. The van der Waals surface area contributed by atoms with E-state index >= 15 is 0 Å². The highest BCUT2D eigenvalue weighted by molar-refractivity contribution is 6.04. The number of halogens is 1. The van der Waals surface area contributed by atoms with Crippen LogP contribution in [-0.4, -0.2) is 16.5 Å². The molecular weight excluding hydrogens is 365 g/mol. The van der Waals surface area contributed by atoms with Crippen LogP contribution in [0.1, 0.15) is 36.8 Å². The number of fused-ring (bicyclic) bond motifs is 1. The van der Waals surface area contributed by atoms with Crippen molar-refractivity contribution in [3.8, 4) is 6.07 Å². The van der Waals surface area contributed by atoms with E-state index in [2.05, 4.69) is 5.32 Å². The standard InChI is InChI=1S/C24H22FN3O/c25-22-11-5-1-7-17(22)15-28-16-19(21-10-4-6-12-23(21)28)13-18(14-26)24(29)27-20-8-2-3-9-20/h1,4-7,10-13,16,20H,2-3,8-9,15H2,(H,27,29)/b18-13-. The molecule has 0 unspecified atom stereocenters. The highest BCUT2D eigenvalue weighted by atomic mass is 19.1. The largest absolute Gasteiger partial charge is 0.349 e. The maximum absolute atomic E-state index is 14.1. The Hall–Kier alpha value is -3.39. The van der Waals surface area contributed by atoms with Crippen LogP contribution in [0.15, 0.2) is 60.3 Å². The molecule has 1 saturated carbocycles. The Morgan fingerprint density at radius 2 is 1.90 bits per heavy atom. The molecule has 0 bridgehead atoms. The molecule has 29 heavy (non-hydrogen) atoms. The number of nitriles is 1. The molecule has 4 nitrogen and oxygen atoms in total. The molecular formula is C24H22FN3O. The molecule has 0 radical (unpaired) electrons. The van der Waals surface area contributed by atoms with Gasteiger partial charge in [0, 0.05) is 34.3 Å². The lowest BCUT2D eigenvalue weighted by Crippen LogP contribution is -2.33. The molecule has 1 amide bonds. The van der Waals surface area contributed by atoms with Crippen molar-refractivity contribution in [2.24, 2.45) is 0 Å². The molecule has 1 heterocycles. The van der Waals surface area contributed by atoms with Gasteiger partial charge in [-0.1, -0.05) is 49.2 Å². The quantitative estimate of drug-likeness (QED) is 0.505. The summed E-state index contributed by atoms with van der Waals surface area (Å²) in [5.41, 5.74) is 2.37. The van der Waals surface area contributed by atoms with Gasteiger partial charge in [-0.3, -0.25) is 4.79 Å². The Kier molecular flexibility index (Phi) is 5.44. The summed E-state index contributed by atoms with van der Waals surface area (Å²) in [5.74, 6) is -0.582. The zero-order chi connectivity index (χ0) is 20.2. The van der Waals surface area contributed by atoms with Crippen molar-refractivity contribution >= 4 is 22.9 Å². The minimum absolute atomic E-state index is 0.0886.